The van der Waals surface area contributed by atoms with Gasteiger partial charge in [-0.1, -0.05) is 0 Å². The third-order valence-electron chi connectivity index (χ3n) is 3.32. The molecular formula is C13H15FN2O5. The van der Waals surface area contributed by atoms with E-state index in [4.69, 9.17) is 9.84 Å². The molecule has 114 valence electrons. The number of hydrogen-bond donors (Lipinski definition) is 2. The fourth-order valence-corrected chi connectivity index (χ4v) is 2.26. The molecule has 1 unspecified atom stereocenters. The summed E-state index contributed by atoms with van der Waals surface area (Å²) in [6.07, 6.45) is 2.70. The number of halogens is 1. The summed E-state index contributed by atoms with van der Waals surface area (Å²) in [6, 6.07) is 1.57. The molecule has 1 aromatic carbocycles. The number of aromatic carboxylic acids is 1. The number of carboxylic acids is 1. The molecule has 1 heterocycles. The van der Waals surface area contributed by atoms with Crippen LogP contribution in [0.1, 0.15) is 29.6 Å². The molecule has 21 heavy (non-hydrogen) atoms. The molecule has 1 aromatic rings. The summed E-state index contributed by atoms with van der Waals surface area (Å²) in [4.78, 5) is 21.0. The lowest BCUT2D eigenvalue weighted by Crippen LogP contribution is -2.14. The Morgan fingerprint density at radius 3 is 2.90 bits per heavy atom. The first-order chi connectivity index (χ1) is 9.99. The van der Waals surface area contributed by atoms with E-state index in [1.54, 1.807) is 0 Å². The van der Waals surface area contributed by atoms with Crippen LogP contribution < -0.4 is 5.32 Å². The number of rotatable bonds is 6. The molecule has 1 atom stereocenters. The van der Waals surface area contributed by atoms with Crippen molar-refractivity contribution in [2.75, 3.05) is 18.5 Å². The molecule has 0 saturated carbocycles. The molecular weight excluding hydrogens is 283 g/mol. The number of carboxylic acid groups (broad SMARTS) is 1. The Hall–Kier alpha value is -2.22. The van der Waals surface area contributed by atoms with Gasteiger partial charge < -0.3 is 15.2 Å². The normalized spacial score (nSPS) is 17.7. The minimum absolute atomic E-state index is 0.0273. The smallest absolute Gasteiger partial charge is 0.338 e. The summed E-state index contributed by atoms with van der Waals surface area (Å²) >= 11 is 0. The number of nitro groups is 1. The molecule has 2 rings (SSSR count). The number of benzene rings is 1. The van der Waals surface area contributed by atoms with Crippen LogP contribution in [0.5, 0.6) is 0 Å². The molecule has 1 fully saturated rings. The van der Waals surface area contributed by atoms with Gasteiger partial charge in [0.2, 0.25) is 0 Å². The Morgan fingerprint density at radius 2 is 2.33 bits per heavy atom. The SMILES string of the molecule is O=C(O)c1cc([N+](=O)[O-])c(NCCC2CCCO2)cc1F. The zero-order valence-electron chi connectivity index (χ0n) is 11.2. The molecule has 0 radical (unpaired) electrons. The van der Waals surface area contributed by atoms with E-state index in [0.717, 1.165) is 25.0 Å². The van der Waals surface area contributed by atoms with Crippen LogP contribution >= 0.6 is 0 Å². The first-order valence-corrected chi connectivity index (χ1v) is 6.55. The molecule has 0 spiro atoms. The first-order valence-electron chi connectivity index (χ1n) is 6.55. The lowest BCUT2D eigenvalue weighted by molar-refractivity contribution is -0.384. The van der Waals surface area contributed by atoms with Crippen molar-refractivity contribution in [3.63, 3.8) is 0 Å². The lowest BCUT2D eigenvalue weighted by atomic mass is 10.1. The topological polar surface area (TPSA) is 102 Å². The van der Waals surface area contributed by atoms with Crippen molar-refractivity contribution in [2.24, 2.45) is 0 Å². The fraction of sp³-hybridized carbons (Fsp3) is 0.462. The molecule has 2 N–H and O–H groups in total. The second-order valence-electron chi connectivity index (χ2n) is 4.76. The Labute approximate surface area is 119 Å². The monoisotopic (exact) mass is 298 g/mol. The van der Waals surface area contributed by atoms with Crippen molar-refractivity contribution in [3.8, 4) is 0 Å². The summed E-state index contributed by atoms with van der Waals surface area (Å²) in [6.45, 7) is 1.10. The number of hydrogen-bond acceptors (Lipinski definition) is 5. The van der Waals surface area contributed by atoms with Crippen LogP contribution in [0.15, 0.2) is 12.1 Å². The Balaban J connectivity index is 2.11. The molecule has 0 bridgehead atoms. The maximum Gasteiger partial charge on any atom is 0.338 e. The fourth-order valence-electron chi connectivity index (χ4n) is 2.26. The third kappa shape index (κ3) is 3.66. The van der Waals surface area contributed by atoms with Gasteiger partial charge in [0.15, 0.2) is 0 Å². The van der Waals surface area contributed by atoms with Crippen LogP contribution in [0.4, 0.5) is 15.8 Å². The van der Waals surface area contributed by atoms with Gasteiger partial charge in [-0.3, -0.25) is 10.1 Å². The van der Waals surface area contributed by atoms with Crippen LogP contribution in [0.25, 0.3) is 0 Å². The van der Waals surface area contributed by atoms with Crippen molar-refractivity contribution in [3.05, 3.63) is 33.6 Å². The van der Waals surface area contributed by atoms with E-state index in [-0.39, 0.29) is 11.8 Å². The number of nitro benzene ring substituents is 1. The number of ether oxygens (including phenoxy) is 1. The highest BCUT2D eigenvalue weighted by Gasteiger charge is 2.22. The van der Waals surface area contributed by atoms with E-state index in [1.807, 2.05) is 0 Å². The predicted molar refractivity (Wildman–Crippen MR) is 72.1 cm³/mol. The van der Waals surface area contributed by atoms with Gasteiger partial charge in [-0.15, -0.1) is 0 Å². The summed E-state index contributed by atoms with van der Waals surface area (Å²) in [7, 11) is 0. The molecule has 1 aliphatic heterocycles. The van der Waals surface area contributed by atoms with Crippen molar-refractivity contribution in [1.82, 2.24) is 0 Å². The quantitative estimate of drug-likeness (QED) is 0.617. The molecule has 0 amide bonds. The molecule has 0 aliphatic carbocycles. The second kappa shape index (κ2) is 6.49. The van der Waals surface area contributed by atoms with Crippen molar-refractivity contribution in [2.45, 2.75) is 25.4 Å². The summed E-state index contributed by atoms with van der Waals surface area (Å²) in [5, 5.41) is 22.5. The van der Waals surface area contributed by atoms with E-state index in [1.165, 1.54) is 0 Å². The van der Waals surface area contributed by atoms with Gasteiger partial charge in [0.25, 0.3) is 5.69 Å². The van der Waals surface area contributed by atoms with Gasteiger partial charge in [0.1, 0.15) is 17.1 Å². The van der Waals surface area contributed by atoms with Crippen molar-refractivity contribution >= 4 is 17.3 Å². The van der Waals surface area contributed by atoms with Crippen LogP contribution in [-0.4, -0.2) is 35.3 Å². The zero-order valence-corrected chi connectivity index (χ0v) is 11.2. The molecule has 1 aliphatic rings. The highest BCUT2D eigenvalue weighted by atomic mass is 19.1. The minimum Gasteiger partial charge on any atom is -0.478 e. The number of nitrogens with one attached hydrogen (secondary N) is 1. The molecule has 0 aromatic heterocycles. The van der Waals surface area contributed by atoms with Crippen LogP contribution in [-0.2, 0) is 4.74 Å². The number of carbonyl (C=O) groups is 1. The average molecular weight is 298 g/mol. The van der Waals surface area contributed by atoms with Crippen molar-refractivity contribution < 1.29 is 24.0 Å². The average Bonchev–Trinajstić information content (AvgIpc) is 2.91. The summed E-state index contributed by atoms with van der Waals surface area (Å²) in [5.41, 5.74) is -1.20. The standard InChI is InChI=1S/C13H15FN2O5/c14-10-7-11(15-4-3-8-2-1-5-21-8)12(16(19)20)6-9(10)13(17)18/h6-8,15H,1-5H2,(H,17,18). The van der Waals surface area contributed by atoms with Gasteiger partial charge in [0.05, 0.1) is 11.0 Å². The lowest BCUT2D eigenvalue weighted by Gasteiger charge is -2.11. The number of nitrogens with zero attached hydrogens (tertiary/aromatic N) is 1. The Bertz CT molecular complexity index is 558. The minimum atomic E-state index is -1.54. The van der Waals surface area contributed by atoms with E-state index < -0.39 is 28.0 Å². The van der Waals surface area contributed by atoms with E-state index in [0.29, 0.717) is 19.6 Å². The molecule has 7 nitrogen and oxygen atoms in total. The van der Waals surface area contributed by atoms with Crippen LogP contribution in [0, 0.1) is 15.9 Å². The van der Waals surface area contributed by atoms with Crippen molar-refractivity contribution in [1.29, 1.82) is 0 Å². The largest absolute Gasteiger partial charge is 0.478 e. The van der Waals surface area contributed by atoms with E-state index in [9.17, 15) is 19.3 Å². The van der Waals surface area contributed by atoms with Gasteiger partial charge >= 0.3 is 5.97 Å². The second-order valence-corrected chi connectivity index (χ2v) is 4.76. The van der Waals surface area contributed by atoms with Gasteiger partial charge in [-0.05, 0) is 19.3 Å². The van der Waals surface area contributed by atoms with Crippen LogP contribution in [0.3, 0.4) is 0 Å². The van der Waals surface area contributed by atoms with Crippen LogP contribution in [0.2, 0.25) is 0 Å². The third-order valence-corrected chi connectivity index (χ3v) is 3.32. The number of anilines is 1. The maximum absolute atomic E-state index is 13.6. The summed E-state index contributed by atoms with van der Waals surface area (Å²) in [5.74, 6) is -2.55. The molecule has 8 heteroatoms. The maximum atomic E-state index is 13.6. The van der Waals surface area contributed by atoms with Gasteiger partial charge in [0, 0.05) is 25.3 Å². The predicted octanol–water partition coefficient (Wildman–Crippen LogP) is 2.41. The first kappa shape index (κ1) is 15.2. The van der Waals surface area contributed by atoms with E-state index >= 15 is 0 Å². The highest BCUT2D eigenvalue weighted by molar-refractivity contribution is 5.90. The summed E-state index contributed by atoms with van der Waals surface area (Å²) < 4.78 is 19.0. The molecule has 1 saturated heterocycles. The van der Waals surface area contributed by atoms with Gasteiger partial charge in [-0.25, -0.2) is 9.18 Å². The zero-order chi connectivity index (χ0) is 15.4. The van der Waals surface area contributed by atoms with E-state index in [2.05, 4.69) is 5.32 Å². The Kier molecular flexibility index (Phi) is 4.69. The Morgan fingerprint density at radius 1 is 1.57 bits per heavy atom. The highest BCUT2D eigenvalue weighted by Crippen LogP contribution is 2.28. The van der Waals surface area contributed by atoms with Gasteiger partial charge in [-0.2, -0.15) is 0 Å².